The number of aryl methyl sites for hydroxylation is 2. The topological polar surface area (TPSA) is 98.2 Å². The van der Waals surface area contributed by atoms with Crippen LogP contribution in [0.2, 0.25) is 0 Å². The quantitative estimate of drug-likeness (QED) is 0.315. The molecule has 0 bridgehead atoms. The van der Waals surface area contributed by atoms with E-state index >= 15 is 0 Å². The van der Waals surface area contributed by atoms with Crippen LogP contribution in [-0.2, 0) is 16.8 Å². The Morgan fingerprint density at radius 1 is 1.15 bits per heavy atom. The second-order valence-corrected chi connectivity index (χ2v) is 11.7. The van der Waals surface area contributed by atoms with Gasteiger partial charge in [-0.15, -0.1) is 5.10 Å². The maximum atomic E-state index is 13.8. The lowest BCUT2D eigenvalue weighted by molar-refractivity contribution is 0.0564. The first-order valence-electron chi connectivity index (χ1n) is 14.1. The first kappa shape index (κ1) is 28.0. The number of tetrazole rings is 1. The fraction of sp³-hybridized carbons (Fsp3) is 0.484. The first-order chi connectivity index (χ1) is 19.1. The predicted octanol–water partition coefficient (Wildman–Crippen LogP) is 5.06. The zero-order chi connectivity index (χ0) is 28.4. The lowest BCUT2D eigenvalue weighted by Gasteiger charge is -2.34. The highest BCUT2D eigenvalue weighted by Gasteiger charge is 2.35. The molecule has 1 aliphatic rings. The van der Waals surface area contributed by atoms with Crippen LogP contribution in [0.25, 0.3) is 10.9 Å². The van der Waals surface area contributed by atoms with Crippen molar-refractivity contribution in [3.05, 3.63) is 80.9 Å². The van der Waals surface area contributed by atoms with Crippen molar-refractivity contribution in [2.45, 2.75) is 78.6 Å². The molecule has 1 aliphatic heterocycles. The molecule has 3 heterocycles. The van der Waals surface area contributed by atoms with E-state index in [1.165, 1.54) is 5.56 Å². The summed E-state index contributed by atoms with van der Waals surface area (Å²) in [6.07, 6.45) is 2.07. The normalized spacial score (nSPS) is 16.6. The van der Waals surface area contributed by atoms with Gasteiger partial charge in [0, 0.05) is 30.8 Å². The van der Waals surface area contributed by atoms with Gasteiger partial charge in [0.15, 0.2) is 5.82 Å². The summed E-state index contributed by atoms with van der Waals surface area (Å²) in [6.45, 7) is 14.9. The van der Waals surface area contributed by atoms with Gasteiger partial charge in [-0.3, -0.25) is 9.69 Å². The van der Waals surface area contributed by atoms with E-state index in [1.54, 1.807) is 0 Å². The molecule has 0 spiro atoms. The summed E-state index contributed by atoms with van der Waals surface area (Å²) in [5.41, 5.74) is 4.32. The monoisotopic (exact) mass is 544 g/mol. The zero-order valence-corrected chi connectivity index (χ0v) is 24.4. The van der Waals surface area contributed by atoms with Crippen LogP contribution in [0.1, 0.15) is 74.7 Å². The van der Waals surface area contributed by atoms with E-state index in [4.69, 9.17) is 9.47 Å². The molecule has 2 aromatic carbocycles. The van der Waals surface area contributed by atoms with E-state index in [-0.39, 0.29) is 17.2 Å². The van der Waals surface area contributed by atoms with E-state index in [9.17, 15) is 4.79 Å². The summed E-state index contributed by atoms with van der Waals surface area (Å²) >= 11 is 0. The average molecular weight is 545 g/mol. The molecule has 9 nitrogen and oxygen atoms in total. The molecule has 2 atom stereocenters. The van der Waals surface area contributed by atoms with Crippen molar-refractivity contribution in [2.24, 2.45) is 0 Å². The number of aromatic amines is 1. The van der Waals surface area contributed by atoms with Crippen LogP contribution in [0.4, 0.5) is 0 Å². The van der Waals surface area contributed by atoms with Gasteiger partial charge in [0.25, 0.3) is 5.56 Å². The largest absolute Gasteiger partial charge is 0.494 e. The Balaban J connectivity index is 1.67. The Kier molecular flexibility index (Phi) is 8.05. The van der Waals surface area contributed by atoms with Gasteiger partial charge in [-0.05, 0) is 117 Å². The summed E-state index contributed by atoms with van der Waals surface area (Å²) in [4.78, 5) is 19.3. The molecule has 5 rings (SSSR count). The number of pyridine rings is 1. The molecular weight excluding hydrogens is 504 g/mol. The molecule has 9 heteroatoms. The van der Waals surface area contributed by atoms with Crippen LogP contribution in [0.3, 0.4) is 0 Å². The minimum absolute atomic E-state index is 0.0635. The van der Waals surface area contributed by atoms with E-state index in [2.05, 4.69) is 78.2 Å². The smallest absolute Gasteiger partial charge is 0.253 e. The fourth-order valence-electron chi connectivity index (χ4n) is 5.44. The highest BCUT2D eigenvalue weighted by atomic mass is 16.5. The zero-order valence-electron chi connectivity index (χ0n) is 24.4. The third-order valence-electron chi connectivity index (χ3n) is 7.60. The molecule has 212 valence electrons. The van der Waals surface area contributed by atoms with Gasteiger partial charge < -0.3 is 14.5 Å². The maximum absolute atomic E-state index is 13.8. The van der Waals surface area contributed by atoms with Crippen LogP contribution in [0.15, 0.2) is 47.3 Å². The van der Waals surface area contributed by atoms with Crippen molar-refractivity contribution in [2.75, 3.05) is 19.8 Å². The number of benzene rings is 2. The highest BCUT2D eigenvalue weighted by molar-refractivity contribution is 5.81. The minimum Gasteiger partial charge on any atom is -0.494 e. The Morgan fingerprint density at radius 2 is 1.90 bits per heavy atom. The van der Waals surface area contributed by atoms with Gasteiger partial charge in [-0.25, -0.2) is 4.68 Å². The summed E-state index contributed by atoms with van der Waals surface area (Å²) in [5, 5.41) is 14.0. The highest BCUT2D eigenvalue weighted by Crippen LogP contribution is 2.32. The second kappa shape index (κ2) is 11.5. The van der Waals surface area contributed by atoms with Gasteiger partial charge in [0.1, 0.15) is 11.8 Å². The number of ether oxygens (including phenoxy) is 2. The summed E-state index contributed by atoms with van der Waals surface area (Å²) < 4.78 is 13.6. The molecular formula is C31H40N6O3. The van der Waals surface area contributed by atoms with Crippen LogP contribution < -0.4 is 10.3 Å². The molecule has 40 heavy (non-hydrogen) atoms. The Labute approximate surface area is 235 Å². The number of hydrogen-bond acceptors (Lipinski definition) is 7. The molecule has 0 aliphatic carbocycles. The van der Waals surface area contributed by atoms with Crippen LogP contribution in [-0.4, -0.2) is 56.0 Å². The fourth-order valence-corrected chi connectivity index (χ4v) is 5.44. The summed E-state index contributed by atoms with van der Waals surface area (Å²) in [7, 11) is 0. The van der Waals surface area contributed by atoms with Crippen LogP contribution in [0, 0.1) is 13.8 Å². The number of aromatic nitrogens is 5. The summed E-state index contributed by atoms with van der Waals surface area (Å²) in [5.74, 6) is 1.46. The number of nitrogens with one attached hydrogen (secondary N) is 1. The predicted molar refractivity (Wildman–Crippen MR) is 156 cm³/mol. The third kappa shape index (κ3) is 5.95. The Hall–Kier alpha value is -3.56. The molecule has 2 unspecified atom stereocenters. The molecule has 1 N–H and O–H groups in total. The first-order valence-corrected chi connectivity index (χ1v) is 14.1. The van der Waals surface area contributed by atoms with Crippen molar-refractivity contribution < 1.29 is 9.47 Å². The Bertz CT molecular complexity index is 1510. The van der Waals surface area contributed by atoms with Crippen molar-refractivity contribution >= 4 is 10.9 Å². The molecule has 1 fully saturated rings. The second-order valence-electron chi connectivity index (χ2n) is 11.7. The van der Waals surface area contributed by atoms with Gasteiger partial charge >= 0.3 is 0 Å². The van der Waals surface area contributed by atoms with Gasteiger partial charge in [0.05, 0.1) is 18.2 Å². The molecule has 4 aromatic rings. The van der Waals surface area contributed by atoms with Crippen LogP contribution in [0.5, 0.6) is 5.75 Å². The lowest BCUT2D eigenvalue weighted by Crippen LogP contribution is -2.40. The minimum atomic E-state index is -0.500. The Morgan fingerprint density at radius 3 is 2.58 bits per heavy atom. The van der Waals surface area contributed by atoms with E-state index in [1.807, 2.05) is 35.9 Å². The number of hydrogen-bond donors (Lipinski definition) is 1. The van der Waals surface area contributed by atoms with Gasteiger partial charge in [-0.2, -0.15) is 0 Å². The molecule has 0 amide bonds. The number of nitrogens with zero attached hydrogens (tertiary/aromatic N) is 5. The average Bonchev–Trinajstić information content (AvgIpc) is 3.60. The van der Waals surface area contributed by atoms with E-state index in [0.717, 1.165) is 47.2 Å². The van der Waals surface area contributed by atoms with Crippen LogP contribution >= 0.6 is 0 Å². The lowest BCUT2D eigenvalue weighted by atomic mass is 9.99. The standard InChI is InChI=1S/C31H40N6O3/c1-7-39-24-12-10-22(11-13-24)18-36(19-25-9-8-14-40-25)28(29-33-34-35-37(29)31(4,5)6)26-17-23-15-20(2)21(3)16-27(23)32-30(26)38/h10-13,15-17,25,28H,7-9,14,18-19H2,1-6H3,(H,32,38). The molecule has 2 aromatic heterocycles. The van der Waals surface area contributed by atoms with E-state index in [0.29, 0.717) is 31.1 Å². The molecule has 1 saturated heterocycles. The third-order valence-corrected chi connectivity index (χ3v) is 7.60. The molecule has 0 radical (unpaired) electrons. The number of rotatable bonds is 9. The number of fused-ring (bicyclic) bond motifs is 1. The van der Waals surface area contributed by atoms with E-state index < -0.39 is 6.04 Å². The molecule has 0 saturated carbocycles. The van der Waals surface area contributed by atoms with Crippen molar-refractivity contribution in [1.29, 1.82) is 0 Å². The van der Waals surface area contributed by atoms with Gasteiger partial charge in [-0.1, -0.05) is 12.1 Å². The summed E-state index contributed by atoms with van der Waals surface area (Å²) in [6, 6.07) is 13.8. The maximum Gasteiger partial charge on any atom is 0.253 e. The van der Waals surface area contributed by atoms with Gasteiger partial charge in [0.2, 0.25) is 0 Å². The van der Waals surface area contributed by atoms with Crippen molar-refractivity contribution in [1.82, 2.24) is 30.1 Å². The SMILES string of the molecule is CCOc1ccc(CN(CC2CCCO2)C(c2cc3cc(C)c(C)cc3[nH]c2=O)c2nnnn2C(C)(C)C)cc1. The number of H-pyrrole nitrogens is 1. The van der Waals surface area contributed by atoms with Crippen molar-refractivity contribution in [3.63, 3.8) is 0 Å². The van der Waals surface area contributed by atoms with Crippen molar-refractivity contribution in [3.8, 4) is 5.75 Å².